The topological polar surface area (TPSA) is 106 Å². The van der Waals surface area contributed by atoms with E-state index in [-0.39, 0.29) is 22.0 Å². The van der Waals surface area contributed by atoms with Crippen molar-refractivity contribution in [2.75, 3.05) is 5.32 Å². The molecule has 29 heavy (non-hydrogen) atoms. The molecule has 0 bridgehead atoms. The van der Waals surface area contributed by atoms with E-state index in [2.05, 4.69) is 31.7 Å². The summed E-state index contributed by atoms with van der Waals surface area (Å²) >= 11 is 0. The maximum Gasteiger partial charge on any atom is 0.249 e. The maximum absolute atomic E-state index is 12.9. The van der Waals surface area contributed by atoms with E-state index in [1.807, 2.05) is 13.8 Å². The van der Waals surface area contributed by atoms with Gasteiger partial charge in [-0.25, -0.2) is 13.5 Å². The zero-order valence-corrected chi connectivity index (χ0v) is 17.4. The van der Waals surface area contributed by atoms with Crippen LogP contribution in [0.15, 0.2) is 28.5 Å². The van der Waals surface area contributed by atoms with E-state index in [9.17, 15) is 8.42 Å². The van der Waals surface area contributed by atoms with Crippen LogP contribution >= 0.6 is 0 Å². The first kappa shape index (κ1) is 18.4. The first-order valence-corrected chi connectivity index (χ1v) is 11.6. The molecule has 0 atom stereocenters. The van der Waals surface area contributed by atoms with Crippen LogP contribution in [0.2, 0.25) is 0 Å². The highest BCUT2D eigenvalue weighted by atomic mass is 32.2. The van der Waals surface area contributed by atoms with Crippen LogP contribution in [-0.4, -0.2) is 33.4 Å². The van der Waals surface area contributed by atoms with Crippen molar-refractivity contribution in [3.8, 4) is 0 Å². The molecule has 0 radical (unpaired) electrons. The lowest BCUT2D eigenvalue weighted by Crippen LogP contribution is -2.05. The highest BCUT2D eigenvalue weighted by Crippen LogP contribution is 2.39. The molecule has 2 aliphatic carbocycles. The Morgan fingerprint density at radius 2 is 1.79 bits per heavy atom. The summed E-state index contributed by atoms with van der Waals surface area (Å²) in [6.07, 6.45) is 9.45. The first-order valence-electron chi connectivity index (χ1n) is 10.1. The van der Waals surface area contributed by atoms with E-state index in [1.54, 1.807) is 4.68 Å². The second-order valence-corrected chi connectivity index (χ2v) is 9.94. The SMILES string of the molecule is CC(C)n1cc(S(=O)(=O)c2nc(Nc3c4c(cc5c3CCC5)CCC4)n[nH]2)cn1. The smallest absolute Gasteiger partial charge is 0.249 e. The van der Waals surface area contributed by atoms with Crippen molar-refractivity contribution < 1.29 is 8.42 Å². The molecule has 0 aliphatic heterocycles. The molecule has 0 unspecified atom stereocenters. The third-order valence-corrected chi connectivity index (χ3v) is 7.37. The number of hydrogen-bond acceptors (Lipinski definition) is 6. The van der Waals surface area contributed by atoms with E-state index >= 15 is 0 Å². The molecule has 5 rings (SSSR count). The standard InChI is InChI=1S/C20H24N6O2S/c1-12(2)26-11-15(10-21-26)29(27,28)20-23-19(24-25-20)22-18-16-7-3-5-13(16)9-14-6-4-8-17(14)18/h9-12H,3-8H2,1-2H3,(H2,22,23,24,25). The number of anilines is 2. The minimum atomic E-state index is -3.80. The first-order chi connectivity index (χ1) is 13.9. The molecular formula is C20H24N6O2S. The summed E-state index contributed by atoms with van der Waals surface area (Å²) in [4.78, 5) is 4.36. The van der Waals surface area contributed by atoms with Crippen LogP contribution in [0.5, 0.6) is 0 Å². The highest BCUT2D eigenvalue weighted by molar-refractivity contribution is 7.91. The van der Waals surface area contributed by atoms with Crippen LogP contribution in [0, 0.1) is 0 Å². The van der Waals surface area contributed by atoms with Gasteiger partial charge in [0, 0.05) is 17.9 Å². The van der Waals surface area contributed by atoms with Gasteiger partial charge in [0.05, 0.1) is 6.20 Å². The van der Waals surface area contributed by atoms with E-state index in [0.717, 1.165) is 44.2 Å². The Bertz CT molecular complexity index is 1160. The molecule has 9 heteroatoms. The Balaban J connectivity index is 1.47. The third kappa shape index (κ3) is 3.04. The number of aromatic amines is 1. The van der Waals surface area contributed by atoms with Gasteiger partial charge in [0.1, 0.15) is 4.90 Å². The number of hydrogen-bond donors (Lipinski definition) is 2. The van der Waals surface area contributed by atoms with Crippen LogP contribution in [0.1, 0.15) is 55.0 Å². The van der Waals surface area contributed by atoms with Crippen LogP contribution in [0.4, 0.5) is 11.6 Å². The molecule has 2 N–H and O–H groups in total. The quantitative estimate of drug-likeness (QED) is 0.667. The minimum absolute atomic E-state index is 0.0770. The molecule has 2 aromatic heterocycles. The molecule has 1 aromatic carbocycles. The van der Waals surface area contributed by atoms with Crippen molar-refractivity contribution in [1.82, 2.24) is 25.0 Å². The third-order valence-electron chi connectivity index (χ3n) is 5.85. The molecule has 0 amide bonds. The normalized spacial score (nSPS) is 15.7. The molecule has 0 saturated heterocycles. The molecule has 0 fully saturated rings. The summed E-state index contributed by atoms with van der Waals surface area (Å²) in [7, 11) is -3.80. The number of sulfone groups is 1. The van der Waals surface area contributed by atoms with Crippen LogP contribution in [0.3, 0.4) is 0 Å². The van der Waals surface area contributed by atoms with Gasteiger partial charge >= 0.3 is 0 Å². The lowest BCUT2D eigenvalue weighted by molar-refractivity contribution is 0.531. The van der Waals surface area contributed by atoms with Gasteiger partial charge in [-0.2, -0.15) is 10.1 Å². The monoisotopic (exact) mass is 412 g/mol. The van der Waals surface area contributed by atoms with E-state index in [0.29, 0.717) is 0 Å². The van der Waals surface area contributed by atoms with Crippen molar-refractivity contribution in [3.63, 3.8) is 0 Å². The molecule has 2 heterocycles. The fourth-order valence-corrected chi connectivity index (χ4v) is 5.38. The summed E-state index contributed by atoms with van der Waals surface area (Å²) in [5, 5.41) is 14.0. The Kier molecular flexibility index (Phi) is 4.23. The number of benzene rings is 1. The van der Waals surface area contributed by atoms with Gasteiger partial charge in [0.25, 0.3) is 0 Å². The number of aromatic nitrogens is 5. The van der Waals surface area contributed by atoms with Gasteiger partial charge < -0.3 is 5.32 Å². The fraction of sp³-hybridized carbons (Fsp3) is 0.450. The van der Waals surface area contributed by atoms with E-state index < -0.39 is 9.84 Å². The number of nitrogens with one attached hydrogen (secondary N) is 2. The highest BCUT2D eigenvalue weighted by Gasteiger charge is 2.27. The van der Waals surface area contributed by atoms with Gasteiger partial charge in [-0.1, -0.05) is 6.07 Å². The predicted molar refractivity (Wildman–Crippen MR) is 108 cm³/mol. The van der Waals surface area contributed by atoms with Crippen LogP contribution in [-0.2, 0) is 35.5 Å². The van der Waals surface area contributed by atoms with Gasteiger partial charge in [-0.05, 0) is 74.6 Å². The summed E-state index contributed by atoms with van der Waals surface area (Å²) in [6.45, 7) is 3.88. The van der Waals surface area contributed by atoms with Crippen molar-refractivity contribution in [2.45, 2.75) is 68.5 Å². The van der Waals surface area contributed by atoms with Crippen LogP contribution in [0.25, 0.3) is 0 Å². The summed E-state index contributed by atoms with van der Waals surface area (Å²) in [6, 6.07) is 2.43. The van der Waals surface area contributed by atoms with Crippen molar-refractivity contribution >= 4 is 21.5 Å². The summed E-state index contributed by atoms with van der Waals surface area (Å²) < 4.78 is 27.4. The average molecular weight is 413 g/mol. The van der Waals surface area contributed by atoms with Gasteiger partial charge in [-0.3, -0.25) is 4.68 Å². The lowest BCUT2D eigenvalue weighted by Gasteiger charge is -2.15. The molecular weight excluding hydrogens is 388 g/mol. The zero-order valence-electron chi connectivity index (χ0n) is 16.6. The van der Waals surface area contributed by atoms with Crippen molar-refractivity contribution in [1.29, 1.82) is 0 Å². The zero-order chi connectivity index (χ0) is 20.2. The molecule has 0 spiro atoms. The number of rotatable bonds is 5. The van der Waals surface area contributed by atoms with Gasteiger partial charge in [0.2, 0.25) is 20.9 Å². The summed E-state index contributed by atoms with van der Waals surface area (Å²) in [5.41, 5.74) is 6.55. The Hall–Kier alpha value is -2.68. The Morgan fingerprint density at radius 1 is 1.10 bits per heavy atom. The molecule has 2 aliphatic rings. The lowest BCUT2D eigenvalue weighted by atomic mass is 9.99. The second kappa shape index (κ2) is 6.69. The minimum Gasteiger partial charge on any atom is -0.322 e. The molecule has 8 nitrogen and oxygen atoms in total. The average Bonchev–Trinajstić information content (AvgIpc) is 3.46. The Labute approximate surface area is 169 Å². The van der Waals surface area contributed by atoms with Crippen LogP contribution < -0.4 is 5.32 Å². The summed E-state index contributed by atoms with van der Waals surface area (Å²) in [5.74, 6) is 0.286. The number of H-pyrrole nitrogens is 1. The number of nitrogens with zero attached hydrogens (tertiary/aromatic N) is 4. The van der Waals surface area contributed by atoms with Crippen molar-refractivity contribution in [3.05, 3.63) is 40.7 Å². The largest absolute Gasteiger partial charge is 0.322 e. The molecule has 0 saturated carbocycles. The Morgan fingerprint density at radius 3 is 2.41 bits per heavy atom. The fourth-order valence-electron chi connectivity index (χ4n) is 4.36. The number of aryl methyl sites for hydroxylation is 2. The van der Waals surface area contributed by atoms with E-state index in [4.69, 9.17) is 0 Å². The number of fused-ring (bicyclic) bond motifs is 2. The molecule has 152 valence electrons. The predicted octanol–water partition coefficient (Wildman–Crippen LogP) is 3.14. The molecule has 3 aromatic rings. The maximum atomic E-state index is 12.9. The van der Waals surface area contributed by atoms with Gasteiger partial charge in [-0.15, -0.1) is 5.10 Å². The second-order valence-electron chi connectivity index (χ2n) is 8.08. The van der Waals surface area contributed by atoms with E-state index in [1.165, 1.54) is 34.6 Å². The van der Waals surface area contributed by atoms with Crippen molar-refractivity contribution in [2.24, 2.45) is 0 Å². The van der Waals surface area contributed by atoms with Gasteiger partial charge in [0.15, 0.2) is 0 Å².